The molecule has 5 heteroatoms. The quantitative estimate of drug-likeness (QED) is 0.803. The molecular formula is C21H29N3O2. The maximum absolute atomic E-state index is 12.9. The van der Waals surface area contributed by atoms with Gasteiger partial charge in [0.05, 0.1) is 0 Å². The molecule has 3 rings (SSSR count). The molecule has 0 saturated carbocycles. The first-order valence-electron chi connectivity index (χ1n) is 9.56. The van der Waals surface area contributed by atoms with Gasteiger partial charge in [-0.3, -0.25) is 0 Å². The maximum atomic E-state index is 12.9. The van der Waals surface area contributed by atoms with Gasteiger partial charge in [-0.1, -0.05) is 49.4 Å². The van der Waals surface area contributed by atoms with Gasteiger partial charge in [-0.2, -0.15) is 0 Å². The molecule has 1 aliphatic rings. The topological polar surface area (TPSA) is 55.8 Å². The molecule has 0 aromatic heterocycles. The van der Waals surface area contributed by atoms with Gasteiger partial charge in [-0.15, -0.1) is 0 Å². The van der Waals surface area contributed by atoms with Crippen molar-refractivity contribution in [2.45, 2.75) is 32.4 Å². The zero-order chi connectivity index (χ0) is 18.4. The van der Waals surface area contributed by atoms with E-state index in [2.05, 4.69) is 41.4 Å². The van der Waals surface area contributed by atoms with E-state index in [0.29, 0.717) is 19.5 Å². The van der Waals surface area contributed by atoms with Gasteiger partial charge in [-0.25, -0.2) is 4.79 Å². The van der Waals surface area contributed by atoms with Crippen molar-refractivity contribution in [2.75, 3.05) is 32.8 Å². The predicted octanol–water partition coefficient (Wildman–Crippen LogP) is 2.83. The molecule has 26 heavy (non-hydrogen) atoms. The lowest BCUT2D eigenvalue weighted by Gasteiger charge is -2.26. The third-order valence-electron chi connectivity index (χ3n) is 5.16. The third-order valence-corrected chi connectivity index (χ3v) is 5.16. The van der Waals surface area contributed by atoms with E-state index in [1.807, 2.05) is 23.1 Å². The number of nitrogens with one attached hydrogen (secondary N) is 1. The lowest BCUT2D eigenvalue weighted by molar-refractivity contribution is 0.183. The molecule has 1 atom stereocenters. The van der Waals surface area contributed by atoms with Gasteiger partial charge < -0.3 is 20.2 Å². The van der Waals surface area contributed by atoms with Gasteiger partial charge in [0.25, 0.3) is 0 Å². The average Bonchev–Trinajstić information content (AvgIpc) is 3.12. The molecule has 5 nitrogen and oxygen atoms in total. The number of hydrogen-bond donors (Lipinski definition) is 2. The lowest BCUT2D eigenvalue weighted by Crippen LogP contribution is -2.46. The van der Waals surface area contributed by atoms with E-state index < -0.39 is 0 Å². The van der Waals surface area contributed by atoms with Gasteiger partial charge >= 0.3 is 6.03 Å². The Morgan fingerprint density at radius 1 is 1.27 bits per heavy atom. The van der Waals surface area contributed by atoms with Crippen LogP contribution in [-0.2, 0) is 6.54 Å². The fraction of sp³-hybridized carbons (Fsp3) is 0.476. The number of nitrogens with zero attached hydrogens (tertiary/aromatic N) is 2. The summed E-state index contributed by atoms with van der Waals surface area (Å²) in [5, 5.41) is 14.8. The number of aliphatic hydroxyl groups excluding tert-OH is 1. The number of likely N-dealkylation sites (N-methyl/N-ethyl adjacent to an activating group) is 1. The van der Waals surface area contributed by atoms with Gasteiger partial charge in [-0.05, 0) is 35.7 Å². The fourth-order valence-electron chi connectivity index (χ4n) is 3.65. The van der Waals surface area contributed by atoms with Crippen LogP contribution in [0.5, 0.6) is 0 Å². The molecule has 2 aromatic carbocycles. The Kier molecular flexibility index (Phi) is 6.47. The zero-order valence-electron chi connectivity index (χ0n) is 15.5. The monoisotopic (exact) mass is 355 g/mol. The van der Waals surface area contributed by atoms with Gasteiger partial charge in [0.2, 0.25) is 0 Å². The van der Waals surface area contributed by atoms with E-state index in [-0.39, 0.29) is 18.7 Å². The number of rotatable bonds is 7. The van der Waals surface area contributed by atoms with Crippen LogP contribution in [-0.4, -0.2) is 59.8 Å². The molecule has 140 valence electrons. The smallest absolute Gasteiger partial charge is 0.317 e. The van der Waals surface area contributed by atoms with E-state index >= 15 is 0 Å². The number of hydrogen-bond acceptors (Lipinski definition) is 3. The van der Waals surface area contributed by atoms with Crippen LogP contribution in [0.1, 0.15) is 25.3 Å². The molecule has 0 aliphatic carbocycles. The minimum Gasteiger partial charge on any atom is -0.396 e. The van der Waals surface area contributed by atoms with Crippen molar-refractivity contribution in [1.82, 2.24) is 15.1 Å². The van der Waals surface area contributed by atoms with Crippen molar-refractivity contribution in [3.8, 4) is 0 Å². The van der Waals surface area contributed by atoms with Crippen molar-refractivity contribution >= 4 is 16.8 Å². The first kappa shape index (κ1) is 18.7. The number of carbonyl (C=O) groups excluding carboxylic acids is 1. The van der Waals surface area contributed by atoms with Crippen molar-refractivity contribution in [1.29, 1.82) is 0 Å². The summed E-state index contributed by atoms with van der Waals surface area (Å²) in [4.78, 5) is 17.0. The van der Waals surface area contributed by atoms with Crippen LogP contribution in [0.3, 0.4) is 0 Å². The van der Waals surface area contributed by atoms with Gasteiger partial charge in [0.15, 0.2) is 0 Å². The Morgan fingerprint density at radius 2 is 2.08 bits per heavy atom. The molecule has 2 N–H and O–H groups in total. The van der Waals surface area contributed by atoms with Crippen molar-refractivity contribution in [3.05, 3.63) is 48.0 Å². The lowest BCUT2D eigenvalue weighted by atomic mass is 10.0. The molecule has 2 amide bonds. The molecule has 1 fully saturated rings. The molecule has 0 unspecified atom stereocenters. The SMILES string of the molecule is CCN1CC[C@H](NC(=O)N(CCCO)Cc2cccc3ccccc23)C1. The van der Waals surface area contributed by atoms with Crippen LogP contribution in [0.2, 0.25) is 0 Å². The van der Waals surface area contributed by atoms with Crippen LogP contribution < -0.4 is 5.32 Å². The van der Waals surface area contributed by atoms with E-state index in [9.17, 15) is 9.90 Å². The van der Waals surface area contributed by atoms with Crippen molar-refractivity contribution in [2.24, 2.45) is 0 Å². The number of aliphatic hydroxyl groups is 1. The van der Waals surface area contributed by atoms with Crippen molar-refractivity contribution < 1.29 is 9.90 Å². The number of urea groups is 1. The molecule has 1 saturated heterocycles. The predicted molar refractivity (Wildman–Crippen MR) is 105 cm³/mol. The van der Waals surface area contributed by atoms with E-state index in [0.717, 1.165) is 31.6 Å². The minimum atomic E-state index is -0.0330. The Bertz CT molecular complexity index is 729. The summed E-state index contributed by atoms with van der Waals surface area (Å²) in [5.74, 6) is 0. The number of likely N-dealkylation sites (tertiary alicyclic amines) is 1. The second-order valence-corrected chi connectivity index (χ2v) is 6.97. The van der Waals surface area contributed by atoms with Crippen LogP contribution >= 0.6 is 0 Å². The van der Waals surface area contributed by atoms with E-state index in [1.165, 1.54) is 10.8 Å². The largest absolute Gasteiger partial charge is 0.396 e. The van der Waals surface area contributed by atoms with Crippen LogP contribution in [0.25, 0.3) is 10.8 Å². The standard InChI is InChI=1S/C21H29N3O2/c1-2-23-13-11-19(16-23)22-21(26)24(12-6-14-25)15-18-9-5-8-17-7-3-4-10-20(17)18/h3-5,7-10,19,25H,2,6,11-16H2,1H3,(H,22,26)/t19-/m0/s1. The zero-order valence-corrected chi connectivity index (χ0v) is 15.5. The summed E-state index contributed by atoms with van der Waals surface area (Å²) in [6.45, 7) is 6.33. The Labute approximate surface area is 155 Å². The Hall–Kier alpha value is -2.11. The number of amides is 2. The summed E-state index contributed by atoms with van der Waals surface area (Å²) in [7, 11) is 0. The second-order valence-electron chi connectivity index (χ2n) is 6.97. The normalized spacial score (nSPS) is 17.5. The maximum Gasteiger partial charge on any atom is 0.317 e. The van der Waals surface area contributed by atoms with E-state index in [4.69, 9.17) is 0 Å². The highest BCUT2D eigenvalue weighted by atomic mass is 16.3. The van der Waals surface area contributed by atoms with Gasteiger partial charge in [0.1, 0.15) is 0 Å². The highest BCUT2D eigenvalue weighted by Crippen LogP contribution is 2.20. The first-order valence-corrected chi connectivity index (χ1v) is 9.56. The highest BCUT2D eigenvalue weighted by molar-refractivity contribution is 5.86. The van der Waals surface area contributed by atoms with Crippen LogP contribution in [0.4, 0.5) is 4.79 Å². The number of carbonyl (C=O) groups is 1. The van der Waals surface area contributed by atoms with Crippen molar-refractivity contribution in [3.63, 3.8) is 0 Å². The van der Waals surface area contributed by atoms with E-state index in [1.54, 1.807) is 0 Å². The minimum absolute atomic E-state index is 0.0330. The molecule has 0 radical (unpaired) electrons. The van der Waals surface area contributed by atoms with Crippen LogP contribution in [0.15, 0.2) is 42.5 Å². The summed E-state index contributed by atoms with van der Waals surface area (Å²) in [5.41, 5.74) is 1.14. The molecular weight excluding hydrogens is 326 g/mol. The van der Waals surface area contributed by atoms with Crippen LogP contribution in [0, 0.1) is 0 Å². The number of fused-ring (bicyclic) bond motifs is 1. The second kappa shape index (κ2) is 9.01. The molecule has 1 aliphatic heterocycles. The third kappa shape index (κ3) is 4.54. The molecule has 2 aromatic rings. The first-order chi connectivity index (χ1) is 12.7. The fourth-order valence-corrected chi connectivity index (χ4v) is 3.65. The molecule has 1 heterocycles. The van der Waals surface area contributed by atoms with Gasteiger partial charge in [0, 0.05) is 38.8 Å². The molecule has 0 bridgehead atoms. The summed E-state index contributed by atoms with van der Waals surface area (Å²) >= 11 is 0. The number of benzene rings is 2. The summed E-state index contributed by atoms with van der Waals surface area (Å²) in [6, 6.07) is 14.6. The summed E-state index contributed by atoms with van der Waals surface area (Å²) < 4.78 is 0. The Balaban J connectivity index is 1.72. The Morgan fingerprint density at radius 3 is 2.85 bits per heavy atom. The average molecular weight is 355 g/mol. The highest BCUT2D eigenvalue weighted by Gasteiger charge is 2.24. The summed E-state index contributed by atoms with van der Waals surface area (Å²) in [6.07, 6.45) is 1.59. The molecule has 0 spiro atoms.